The number of nitriles is 1. The Balaban J connectivity index is 2.34. The van der Waals surface area contributed by atoms with Crippen LogP contribution in [0.15, 0.2) is 18.2 Å². The van der Waals surface area contributed by atoms with Gasteiger partial charge in [0, 0.05) is 23.9 Å². The molecule has 2 nitrogen and oxygen atoms in total. The Hall–Kier alpha value is -0.900. The van der Waals surface area contributed by atoms with E-state index in [2.05, 4.69) is 5.32 Å². The first kappa shape index (κ1) is 15.2. The average molecular weight is 295 g/mol. The van der Waals surface area contributed by atoms with Gasteiger partial charge in [0.05, 0.1) is 11.6 Å². The van der Waals surface area contributed by atoms with Gasteiger partial charge in [-0.2, -0.15) is 18.4 Å². The monoisotopic (exact) mass is 294 g/mol. The summed E-state index contributed by atoms with van der Waals surface area (Å²) in [7, 11) is 0. The molecule has 7 heteroatoms. The van der Waals surface area contributed by atoms with Crippen molar-refractivity contribution < 1.29 is 13.2 Å². The van der Waals surface area contributed by atoms with Crippen LogP contribution in [0.3, 0.4) is 0 Å². The van der Waals surface area contributed by atoms with Gasteiger partial charge in [0.25, 0.3) is 0 Å². The predicted octanol–water partition coefficient (Wildman–Crippen LogP) is 3.55. The van der Waals surface area contributed by atoms with Crippen LogP contribution in [0.1, 0.15) is 11.1 Å². The van der Waals surface area contributed by atoms with Gasteiger partial charge in [-0.25, -0.2) is 0 Å². The number of nitrogens with zero attached hydrogens (tertiary/aromatic N) is 1. The fraction of sp³-hybridized carbons (Fsp3) is 0.364. The molecule has 18 heavy (non-hydrogen) atoms. The standard InChI is InChI=1S/C11H10ClF3N2S/c12-10-5-8(6-16)1-2-9(10)7-17-3-4-18-11(13,14)15/h1-2,5,17H,3-4,7H2. The molecule has 98 valence electrons. The lowest BCUT2D eigenvalue weighted by atomic mass is 10.1. The van der Waals surface area contributed by atoms with Crippen LogP contribution in [-0.4, -0.2) is 17.8 Å². The van der Waals surface area contributed by atoms with Crippen LogP contribution in [0.5, 0.6) is 0 Å². The lowest BCUT2D eigenvalue weighted by Gasteiger charge is -2.08. The maximum Gasteiger partial charge on any atom is 0.441 e. The van der Waals surface area contributed by atoms with E-state index in [0.29, 0.717) is 17.1 Å². The van der Waals surface area contributed by atoms with E-state index < -0.39 is 5.51 Å². The molecule has 0 amide bonds. The van der Waals surface area contributed by atoms with E-state index in [0.717, 1.165) is 5.56 Å². The molecule has 0 aliphatic rings. The molecular weight excluding hydrogens is 285 g/mol. The van der Waals surface area contributed by atoms with E-state index in [1.54, 1.807) is 12.1 Å². The molecule has 0 heterocycles. The van der Waals surface area contributed by atoms with Crippen molar-refractivity contribution in [3.63, 3.8) is 0 Å². The Morgan fingerprint density at radius 3 is 2.67 bits per heavy atom. The highest BCUT2D eigenvalue weighted by molar-refractivity contribution is 8.00. The molecule has 0 unspecified atom stereocenters. The van der Waals surface area contributed by atoms with Gasteiger partial charge in [-0.15, -0.1) is 0 Å². The minimum atomic E-state index is -4.19. The van der Waals surface area contributed by atoms with Crippen LogP contribution >= 0.6 is 23.4 Å². The van der Waals surface area contributed by atoms with Gasteiger partial charge in [0.15, 0.2) is 0 Å². The summed E-state index contributed by atoms with van der Waals surface area (Å²) in [6.45, 7) is 0.615. The number of rotatable bonds is 5. The van der Waals surface area contributed by atoms with E-state index in [9.17, 15) is 13.2 Å². The molecular formula is C11H10ClF3N2S. The minimum absolute atomic E-state index is 0.0442. The van der Waals surface area contributed by atoms with Crippen molar-refractivity contribution in [3.05, 3.63) is 34.3 Å². The zero-order chi connectivity index (χ0) is 13.6. The first-order chi connectivity index (χ1) is 8.42. The van der Waals surface area contributed by atoms with Crippen molar-refractivity contribution in [2.75, 3.05) is 12.3 Å². The summed E-state index contributed by atoms with van der Waals surface area (Å²) in [5.74, 6) is -0.0442. The molecule has 0 spiro atoms. The zero-order valence-electron chi connectivity index (χ0n) is 9.22. The van der Waals surface area contributed by atoms with E-state index >= 15 is 0 Å². The van der Waals surface area contributed by atoms with E-state index in [1.807, 2.05) is 6.07 Å². The SMILES string of the molecule is N#Cc1ccc(CNCCSC(F)(F)F)c(Cl)c1. The van der Waals surface area contributed by atoms with Crippen LogP contribution in [0.25, 0.3) is 0 Å². The van der Waals surface area contributed by atoms with E-state index in [1.165, 1.54) is 6.07 Å². The predicted molar refractivity (Wildman–Crippen MR) is 66.4 cm³/mol. The first-order valence-corrected chi connectivity index (χ1v) is 6.38. The fourth-order valence-electron chi connectivity index (χ4n) is 1.22. The van der Waals surface area contributed by atoms with Gasteiger partial charge in [0.1, 0.15) is 0 Å². The minimum Gasteiger partial charge on any atom is -0.312 e. The summed E-state index contributed by atoms with van der Waals surface area (Å²) in [6.07, 6.45) is 0. The quantitative estimate of drug-likeness (QED) is 0.844. The zero-order valence-corrected chi connectivity index (χ0v) is 10.8. The molecule has 0 aliphatic carbocycles. The molecule has 0 fully saturated rings. The molecule has 0 saturated heterocycles. The number of benzene rings is 1. The molecule has 0 saturated carbocycles. The van der Waals surface area contributed by atoms with Crippen LogP contribution in [0, 0.1) is 11.3 Å². The summed E-state index contributed by atoms with van der Waals surface area (Å²) in [5.41, 5.74) is -2.97. The summed E-state index contributed by atoms with van der Waals surface area (Å²) >= 11 is 5.86. The molecule has 1 aromatic rings. The number of hydrogen-bond acceptors (Lipinski definition) is 3. The highest BCUT2D eigenvalue weighted by Crippen LogP contribution is 2.29. The molecule has 0 aliphatic heterocycles. The molecule has 0 aromatic heterocycles. The molecule has 1 rings (SSSR count). The second-order valence-electron chi connectivity index (χ2n) is 3.39. The number of nitrogens with one attached hydrogen (secondary N) is 1. The Labute approximate surface area is 112 Å². The van der Waals surface area contributed by atoms with Gasteiger partial charge < -0.3 is 5.32 Å². The second kappa shape index (κ2) is 6.88. The molecule has 1 aromatic carbocycles. The van der Waals surface area contributed by atoms with E-state index in [-0.39, 0.29) is 24.1 Å². The Kier molecular flexibility index (Phi) is 5.79. The van der Waals surface area contributed by atoms with Crippen LogP contribution < -0.4 is 5.32 Å². The normalized spacial score (nSPS) is 11.3. The first-order valence-electron chi connectivity index (χ1n) is 5.02. The van der Waals surface area contributed by atoms with E-state index in [4.69, 9.17) is 16.9 Å². The smallest absolute Gasteiger partial charge is 0.312 e. The Morgan fingerprint density at radius 2 is 2.11 bits per heavy atom. The van der Waals surface area contributed by atoms with Gasteiger partial charge in [-0.05, 0) is 29.5 Å². The number of thioether (sulfide) groups is 1. The van der Waals surface area contributed by atoms with Crippen LogP contribution in [0.4, 0.5) is 13.2 Å². The lowest BCUT2D eigenvalue weighted by Crippen LogP contribution is -2.18. The second-order valence-corrected chi connectivity index (χ2v) is 4.96. The van der Waals surface area contributed by atoms with Crippen molar-refractivity contribution in [2.24, 2.45) is 0 Å². The summed E-state index contributed by atoms with van der Waals surface area (Å²) in [6, 6.07) is 6.79. The average Bonchev–Trinajstić information content (AvgIpc) is 2.29. The lowest BCUT2D eigenvalue weighted by molar-refractivity contribution is -0.0327. The van der Waals surface area contributed by atoms with Crippen molar-refractivity contribution in [1.82, 2.24) is 5.32 Å². The number of alkyl halides is 3. The summed E-state index contributed by atoms with van der Waals surface area (Å²) in [5, 5.41) is 11.9. The van der Waals surface area contributed by atoms with Gasteiger partial charge >= 0.3 is 5.51 Å². The molecule has 0 bridgehead atoms. The van der Waals surface area contributed by atoms with Crippen molar-refractivity contribution in [2.45, 2.75) is 12.1 Å². The topological polar surface area (TPSA) is 35.8 Å². The van der Waals surface area contributed by atoms with Crippen LogP contribution in [0.2, 0.25) is 5.02 Å². The highest BCUT2D eigenvalue weighted by Gasteiger charge is 2.27. The third-order valence-corrected chi connectivity index (χ3v) is 3.13. The molecule has 1 N–H and O–H groups in total. The number of hydrogen-bond donors (Lipinski definition) is 1. The maximum atomic E-state index is 11.8. The maximum absolute atomic E-state index is 11.8. The Morgan fingerprint density at radius 1 is 1.39 bits per heavy atom. The molecule has 0 radical (unpaired) electrons. The van der Waals surface area contributed by atoms with Crippen molar-refractivity contribution in [1.29, 1.82) is 5.26 Å². The Bertz CT molecular complexity index is 443. The van der Waals surface area contributed by atoms with Crippen molar-refractivity contribution in [3.8, 4) is 6.07 Å². The van der Waals surface area contributed by atoms with Gasteiger partial charge in [-0.3, -0.25) is 0 Å². The van der Waals surface area contributed by atoms with Crippen molar-refractivity contribution >= 4 is 23.4 Å². The van der Waals surface area contributed by atoms with Crippen LogP contribution in [-0.2, 0) is 6.54 Å². The van der Waals surface area contributed by atoms with Gasteiger partial charge in [-0.1, -0.05) is 17.7 Å². The summed E-state index contributed by atoms with van der Waals surface area (Å²) in [4.78, 5) is 0. The highest BCUT2D eigenvalue weighted by atomic mass is 35.5. The molecule has 0 atom stereocenters. The summed E-state index contributed by atoms with van der Waals surface area (Å²) < 4.78 is 35.5. The fourth-order valence-corrected chi connectivity index (χ4v) is 1.95. The largest absolute Gasteiger partial charge is 0.441 e. The van der Waals surface area contributed by atoms with Gasteiger partial charge in [0.2, 0.25) is 0 Å². The third-order valence-electron chi connectivity index (χ3n) is 2.04. The third kappa shape index (κ3) is 5.63. The number of halogens is 4.